The van der Waals surface area contributed by atoms with Gasteiger partial charge in [0.25, 0.3) is 0 Å². The Kier molecular flexibility index (Phi) is 5.20. The van der Waals surface area contributed by atoms with Crippen LogP contribution in [-0.2, 0) is 0 Å². The van der Waals surface area contributed by atoms with Crippen LogP contribution in [0.1, 0.15) is 24.9 Å². The number of hydrogen-bond donors (Lipinski definition) is 1. The Morgan fingerprint density at radius 2 is 2.06 bits per heavy atom. The topological polar surface area (TPSA) is 30.5 Å². The van der Waals surface area contributed by atoms with Gasteiger partial charge in [0.2, 0.25) is 0 Å². The molecule has 1 unspecified atom stereocenters. The van der Waals surface area contributed by atoms with Crippen molar-refractivity contribution in [1.82, 2.24) is 5.32 Å². The molecular formula is C14H21NO2S. The molecule has 1 aromatic carbocycles. The van der Waals surface area contributed by atoms with Crippen LogP contribution in [0.5, 0.6) is 11.5 Å². The second-order valence-electron chi connectivity index (χ2n) is 4.37. The molecule has 0 amide bonds. The van der Waals surface area contributed by atoms with E-state index in [-0.39, 0.29) is 0 Å². The van der Waals surface area contributed by atoms with Crippen LogP contribution < -0.4 is 14.8 Å². The molecule has 1 N–H and O–H groups in total. The zero-order valence-corrected chi connectivity index (χ0v) is 11.9. The van der Waals surface area contributed by atoms with Crippen molar-refractivity contribution in [3.05, 3.63) is 23.8 Å². The molecule has 18 heavy (non-hydrogen) atoms. The molecule has 100 valence electrons. The van der Waals surface area contributed by atoms with Gasteiger partial charge in [-0.1, -0.05) is 13.0 Å². The standard InChI is InChI=1S/C14H21NO2S/c1-3-6-15-12(10-18-2)11-4-5-13-14(9-11)17-8-7-16-13/h4-5,9,12,15H,3,6-8,10H2,1-2H3. The van der Waals surface area contributed by atoms with E-state index in [2.05, 4.69) is 30.6 Å². The number of benzene rings is 1. The Labute approximate surface area is 113 Å². The summed E-state index contributed by atoms with van der Waals surface area (Å²) in [6.07, 6.45) is 3.29. The number of rotatable bonds is 6. The third kappa shape index (κ3) is 3.33. The minimum absolute atomic E-state index is 0.385. The van der Waals surface area contributed by atoms with Crippen molar-refractivity contribution in [3.63, 3.8) is 0 Å². The SMILES string of the molecule is CCCNC(CSC)c1ccc2c(c1)OCCO2. The van der Waals surface area contributed by atoms with Gasteiger partial charge in [0.15, 0.2) is 11.5 Å². The molecule has 0 aromatic heterocycles. The average Bonchev–Trinajstić information content (AvgIpc) is 2.43. The minimum Gasteiger partial charge on any atom is -0.486 e. The Morgan fingerprint density at radius 3 is 2.78 bits per heavy atom. The molecule has 0 fully saturated rings. The maximum atomic E-state index is 5.64. The Balaban J connectivity index is 2.13. The van der Waals surface area contributed by atoms with Gasteiger partial charge in [0, 0.05) is 11.8 Å². The fourth-order valence-corrected chi connectivity index (χ4v) is 2.68. The quantitative estimate of drug-likeness (QED) is 0.858. The molecule has 2 rings (SSSR count). The first-order chi connectivity index (χ1) is 8.85. The lowest BCUT2D eigenvalue weighted by molar-refractivity contribution is 0.171. The molecule has 0 saturated heterocycles. The average molecular weight is 267 g/mol. The third-order valence-electron chi connectivity index (χ3n) is 2.94. The summed E-state index contributed by atoms with van der Waals surface area (Å²) < 4.78 is 11.2. The lowest BCUT2D eigenvalue weighted by Gasteiger charge is -2.22. The van der Waals surface area contributed by atoms with Crippen molar-refractivity contribution < 1.29 is 9.47 Å². The van der Waals surface area contributed by atoms with Crippen molar-refractivity contribution in [2.75, 3.05) is 31.8 Å². The van der Waals surface area contributed by atoms with E-state index >= 15 is 0 Å². The van der Waals surface area contributed by atoms with Crippen LogP contribution in [0.25, 0.3) is 0 Å². The molecule has 1 heterocycles. The number of fused-ring (bicyclic) bond motifs is 1. The Morgan fingerprint density at radius 1 is 1.28 bits per heavy atom. The zero-order valence-electron chi connectivity index (χ0n) is 11.1. The molecule has 0 spiro atoms. The highest BCUT2D eigenvalue weighted by atomic mass is 32.2. The van der Waals surface area contributed by atoms with E-state index < -0.39 is 0 Å². The highest BCUT2D eigenvalue weighted by Gasteiger charge is 2.16. The van der Waals surface area contributed by atoms with Crippen LogP contribution in [0.2, 0.25) is 0 Å². The molecule has 4 heteroatoms. The Bertz CT molecular complexity index is 384. The van der Waals surface area contributed by atoms with Gasteiger partial charge in [-0.05, 0) is 36.9 Å². The molecular weight excluding hydrogens is 246 g/mol. The molecule has 1 aliphatic heterocycles. The van der Waals surface area contributed by atoms with Gasteiger partial charge >= 0.3 is 0 Å². The van der Waals surface area contributed by atoms with Gasteiger partial charge in [-0.2, -0.15) is 11.8 Å². The van der Waals surface area contributed by atoms with Gasteiger partial charge in [-0.15, -0.1) is 0 Å². The van der Waals surface area contributed by atoms with Crippen molar-refractivity contribution in [2.24, 2.45) is 0 Å². The van der Waals surface area contributed by atoms with Gasteiger partial charge < -0.3 is 14.8 Å². The number of thioether (sulfide) groups is 1. The minimum atomic E-state index is 0.385. The lowest BCUT2D eigenvalue weighted by atomic mass is 10.1. The maximum Gasteiger partial charge on any atom is 0.161 e. The van der Waals surface area contributed by atoms with Crippen LogP contribution in [-0.4, -0.2) is 31.8 Å². The molecule has 3 nitrogen and oxygen atoms in total. The molecule has 0 radical (unpaired) electrons. The van der Waals surface area contributed by atoms with Gasteiger partial charge in [0.1, 0.15) is 13.2 Å². The molecule has 1 aromatic rings. The van der Waals surface area contributed by atoms with E-state index in [0.717, 1.165) is 30.2 Å². The highest BCUT2D eigenvalue weighted by Crippen LogP contribution is 2.33. The number of ether oxygens (including phenoxy) is 2. The van der Waals surface area contributed by atoms with Crippen molar-refractivity contribution in [1.29, 1.82) is 0 Å². The van der Waals surface area contributed by atoms with Gasteiger partial charge in [-0.25, -0.2) is 0 Å². The predicted octanol–water partition coefficient (Wildman–Crippen LogP) is 2.86. The molecule has 0 aliphatic carbocycles. The van der Waals surface area contributed by atoms with Crippen LogP contribution >= 0.6 is 11.8 Å². The van der Waals surface area contributed by atoms with E-state index in [1.165, 1.54) is 5.56 Å². The van der Waals surface area contributed by atoms with E-state index in [0.29, 0.717) is 19.3 Å². The summed E-state index contributed by atoms with van der Waals surface area (Å²) >= 11 is 1.86. The molecule has 1 atom stereocenters. The summed E-state index contributed by atoms with van der Waals surface area (Å²) in [5.41, 5.74) is 1.28. The van der Waals surface area contributed by atoms with Crippen molar-refractivity contribution in [2.45, 2.75) is 19.4 Å². The zero-order chi connectivity index (χ0) is 12.8. The Hall–Kier alpha value is -0.870. The largest absolute Gasteiger partial charge is 0.486 e. The predicted molar refractivity (Wildman–Crippen MR) is 76.8 cm³/mol. The van der Waals surface area contributed by atoms with Crippen LogP contribution in [0.4, 0.5) is 0 Å². The lowest BCUT2D eigenvalue weighted by Crippen LogP contribution is -2.24. The summed E-state index contributed by atoms with van der Waals surface area (Å²) in [7, 11) is 0. The summed E-state index contributed by atoms with van der Waals surface area (Å²) in [6.45, 7) is 4.52. The summed E-state index contributed by atoms with van der Waals surface area (Å²) in [6, 6.07) is 6.65. The first-order valence-corrected chi connectivity index (χ1v) is 7.86. The van der Waals surface area contributed by atoms with Crippen LogP contribution in [0.3, 0.4) is 0 Å². The maximum absolute atomic E-state index is 5.64. The highest BCUT2D eigenvalue weighted by molar-refractivity contribution is 7.98. The normalized spacial score (nSPS) is 15.4. The fraction of sp³-hybridized carbons (Fsp3) is 0.571. The molecule has 0 saturated carbocycles. The number of nitrogens with one attached hydrogen (secondary N) is 1. The van der Waals surface area contributed by atoms with Crippen molar-refractivity contribution >= 4 is 11.8 Å². The van der Waals surface area contributed by atoms with Crippen LogP contribution in [0.15, 0.2) is 18.2 Å². The monoisotopic (exact) mass is 267 g/mol. The van der Waals surface area contributed by atoms with Crippen molar-refractivity contribution in [3.8, 4) is 11.5 Å². The van der Waals surface area contributed by atoms with Gasteiger partial charge in [-0.3, -0.25) is 0 Å². The summed E-state index contributed by atoms with van der Waals surface area (Å²) in [5.74, 6) is 2.81. The summed E-state index contributed by atoms with van der Waals surface area (Å²) in [5, 5.41) is 3.58. The first-order valence-electron chi connectivity index (χ1n) is 6.47. The van der Waals surface area contributed by atoms with Gasteiger partial charge in [0.05, 0.1) is 0 Å². The van der Waals surface area contributed by atoms with E-state index in [1.807, 2.05) is 17.8 Å². The van der Waals surface area contributed by atoms with E-state index in [4.69, 9.17) is 9.47 Å². The van der Waals surface area contributed by atoms with Crippen LogP contribution in [0, 0.1) is 0 Å². The molecule has 1 aliphatic rings. The van der Waals surface area contributed by atoms with E-state index in [1.54, 1.807) is 0 Å². The third-order valence-corrected chi connectivity index (χ3v) is 3.61. The first kappa shape index (κ1) is 13.6. The molecule has 0 bridgehead atoms. The fourth-order valence-electron chi connectivity index (χ4n) is 2.03. The van der Waals surface area contributed by atoms with E-state index in [9.17, 15) is 0 Å². The summed E-state index contributed by atoms with van der Waals surface area (Å²) in [4.78, 5) is 0. The smallest absolute Gasteiger partial charge is 0.161 e. The second-order valence-corrected chi connectivity index (χ2v) is 5.28. The second kappa shape index (κ2) is 6.90. The number of hydrogen-bond acceptors (Lipinski definition) is 4.